The Morgan fingerprint density at radius 1 is 1.40 bits per heavy atom. The third kappa shape index (κ3) is 4.16. The second-order valence-electron chi connectivity index (χ2n) is 5.20. The molecule has 7 nitrogen and oxygen atoms in total. The number of nitrogens with zero attached hydrogens (tertiary/aromatic N) is 1. The van der Waals surface area contributed by atoms with E-state index < -0.39 is 25.1 Å². The first-order valence-corrected chi connectivity index (χ1v) is 9.96. The molecule has 3 N–H and O–H groups in total. The third-order valence-electron chi connectivity index (χ3n) is 3.64. The van der Waals surface area contributed by atoms with E-state index in [0.29, 0.717) is 6.54 Å². The van der Waals surface area contributed by atoms with E-state index in [9.17, 15) is 16.8 Å². The van der Waals surface area contributed by atoms with Crippen molar-refractivity contribution in [1.82, 2.24) is 4.31 Å². The van der Waals surface area contributed by atoms with Crippen molar-refractivity contribution in [3.8, 4) is 0 Å². The number of nitrogens with two attached hydrogens (primary N) is 1. The number of hydrogen-bond acceptors (Lipinski definition) is 5. The fraction of sp³-hybridized carbons (Fsp3) is 0.909. The largest absolute Gasteiger partial charge is 0.387 e. The van der Waals surface area contributed by atoms with Crippen LogP contribution in [0, 0.1) is 11.3 Å². The van der Waals surface area contributed by atoms with Gasteiger partial charge in [-0.05, 0) is 12.8 Å². The molecular formula is C11H23N3O4S2. The monoisotopic (exact) mass is 325 g/mol. The first-order chi connectivity index (χ1) is 9.10. The van der Waals surface area contributed by atoms with Crippen LogP contribution in [0.3, 0.4) is 0 Å². The second-order valence-corrected chi connectivity index (χ2v) is 9.72. The lowest BCUT2D eigenvalue weighted by Crippen LogP contribution is -2.45. The van der Waals surface area contributed by atoms with Gasteiger partial charge in [0.25, 0.3) is 0 Å². The van der Waals surface area contributed by atoms with Gasteiger partial charge in [-0.3, -0.25) is 5.41 Å². The van der Waals surface area contributed by atoms with Crippen LogP contribution in [0.15, 0.2) is 0 Å². The van der Waals surface area contributed by atoms with Crippen molar-refractivity contribution < 1.29 is 16.8 Å². The quantitative estimate of drug-likeness (QED) is 0.517. The van der Waals surface area contributed by atoms with Gasteiger partial charge in [0.2, 0.25) is 10.0 Å². The normalized spacial score (nSPS) is 21.8. The minimum atomic E-state index is -3.54. The van der Waals surface area contributed by atoms with Crippen LogP contribution < -0.4 is 5.73 Å². The van der Waals surface area contributed by atoms with Gasteiger partial charge in [0.05, 0.1) is 22.6 Å². The minimum Gasteiger partial charge on any atom is -0.387 e. The maximum Gasteiger partial charge on any atom is 0.217 e. The van der Waals surface area contributed by atoms with Crippen molar-refractivity contribution >= 4 is 25.7 Å². The second kappa shape index (κ2) is 6.40. The zero-order valence-electron chi connectivity index (χ0n) is 11.9. The Morgan fingerprint density at radius 3 is 2.30 bits per heavy atom. The van der Waals surface area contributed by atoms with Gasteiger partial charge in [-0.1, -0.05) is 13.8 Å². The van der Waals surface area contributed by atoms with Gasteiger partial charge in [0.1, 0.15) is 9.84 Å². The van der Waals surface area contributed by atoms with Crippen molar-refractivity contribution in [1.29, 1.82) is 5.41 Å². The molecule has 0 saturated carbocycles. The highest BCUT2D eigenvalue weighted by Crippen LogP contribution is 2.23. The molecule has 1 atom stereocenters. The number of rotatable bonds is 6. The Hall–Kier alpha value is -0.670. The van der Waals surface area contributed by atoms with Crippen molar-refractivity contribution in [3.05, 3.63) is 0 Å². The van der Waals surface area contributed by atoms with Crippen LogP contribution in [-0.2, 0) is 19.9 Å². The topological polar surface area (TPSA) is 121 Å². The maximum atomic E-state index is 12.5. The molecule has 9 heteroatoms. The molecule has 0 aromatic rings. The molecule has 1 heterocycles. The molecule has 0 aromatic heterocycles. The van der Waals surface area contributed by atoms with E-state index in [2.05, 4.69) is 0 Å². The first kappa shape index (κ1) is 17.4. The van der Waals surface area contributed by atoms with Crippen molar-refractivity contribution in [3.63, 3.8) is 0 Å². The molecule has 1 fully saturated rings. The number of sulfone groups is 1. The smallest absolute Gasteiger partial charge is 0.217 e. The summed E-state index contributed by atoms with van der Waals surface area (Å²) in [7, 11) is -6.62. The molecule has 1 unspecified atom stereocenters. The van der Waals surface area contributed by atoms with Crippen LogP contribution in [0.1, 0.15) is 26.7 Å². The van der Waals surface area contributed by atoms with Crippen LogP contribution in [0.5, 0.6) is 0 Å². The molecule has 1 rings (SSSR count). The molecule has 0 amide bonds. The summed E-state index contributed by atoms with van der Waals surface area (Å²) in [5.74, 6) is -0.546. The standard InChI is InChI=1S/C11H23N3O4S2/c1-3-14(8-9(2)11(12)13)20(17,18)10-4-6-19(15,16)7-5-10/h9-10H,3-8H2,1-2H3,(H3,12,13). The summed E-state index contributed by atoms with van der Waals surface area (Å²) in [4.78, 5) is 0. The van der Waals surface area contributed by atoms with Gasteiger partial charge in [-0.25, -0.2) is 21.1 Å². The number of amidine groups is 1. The van der Waals surface area contributed by atoms with Gasteiger partial charge < -0.3 is 5.73 Å². The first-order valence-electron chi connectivity index (χ1n) is 6.63. The third-order valence-corrected chi connectivity index (χ3v) is 7.80. The molecule has 1 aliphatic rings. The molecule has 0 radical (unpaired) electrons. The fourth-order valence-corrected chi connectivity index (χ4v) is 6.03. The average molecular weight is 325 g/mol. The van der Waals surface area contributed by atoms with Crippen molar-refractivity contribution in [2.24, 2.45) is 11.7 Å². The van der Waals surface area contributed by atoms with E-state index in [1.165, 1.54) is 4.31 Å². The highest BCUT2D eigenvalue weighted by molar-refractivity contribution is 7.92. The maximum absolute atomic E-state index is 12.5. The van der Waals surface area contributed by atoms with E-state index >= 15 is 0 Å². The highest BCUT2D eigenvalue weighted by Gasteiger charge is 2.36. The highest BCUT2D eigenvalue weighted by atomic mass is 32.2. The van der Waals surface area contributed by atoms with Crippen molar-refractivity contribution in [2.75, 3.05) is 24.6 Å². The Balaban J connectivity index is 2.83. The molecule has 20 heavy (non-hydrogen) atoms. The minimum absolute atomic E-state index is 0.0510. The summed E-state index contributed by atoms with van der Waals surface area (Å²) in [6.07, 6.45) is 0.297. The predicted molar refractivity (Wildman–Crippen MR) is 78.9 cm³/mol. The Morgan fingerprint density at radius 2 is 1.90 bits per heavy atom. The summed E-state index contributed by atoms with van der Waals surface area (Å²) < 4.78 is 49.1. The van der Waals surface area contributed by atoms with E-state index in [4.69, 9.17) is 11.1 Å². The summed E-state index contributed by atoms with van der Waals surface area (Å²) in [5, 5.41) is 6.70. The number of nitrogens with one attached hydrogen (secondary N) is 1. The van der Waals surface area contributed by atoms with Crippen LogP contribution in [0.2, 0.25) is 0 Å². The molecule has 0 aromatic carbocycles. The lowest BCUT2D eigenvalue weighted by atomic mass is 10.1. The number of hydrogen-bond donors (Lipinski definition) is 2. The molecule has 0 aliphatic carbocycles. The van der Waals surface area contributed by atoms with E-state index in [1.54, 1.807) is 13.8 Å². The van der Waals surface area contributed by atoms with E-state index in [-0.39, 0.29) is 42.6 Å². The van der Waals surface area contributed by atoms with Crippen LogP contribution in [0.25, 0.3) is 0 Å². The van der Waals surface area contributed by atoms with E-state index in [1.807, 2.05) is 0 Å². The predicted octanol–water partition coefficient (Wildman–Crippen LogP) is -0.213. The zero-order chi connectivity index (χ0) is 15.6. The summed E-state index contributed by atoms with van der Waals surface area (Å²) in [6.45, 7) is 3.89. The van der Waals surface area contributed by atoms with Crippen LogP contribution in [0.4, 0.5) is 0 Å². The lowest BCUT2D eigenvalue weighted by Gasteiger charge is -2.30. The number of sulfonamides is 1. The van der Waals surface area contributed by atoms with Gasteiger partial charge >= 0.3 is 0 Å². The molecule has 0 spiro atoms. The van der Waals surface area contributed by atoms with Crippen LogP contribution >= 0.6 is 0 Å². The summed E-state index contributed by atoms with van der Waals surface area (Å²) in [6, 6.07) is 0. The zero-order valence-corrected chi connectivity index (χ0v) is 13.5. The Kier molecular flexibility index (Phi) is 5.56. The average Bonchev–Trinajstić information content (AvgIpc) is 2.34. The molecule has 118 valence electrons. The molecule has 1 saturated heterocycles. The molecule has 0 bridgehead atoms. The summed E-state index contributed by atoms with van der Waals surface area (Å²) in [5.41, 5.74) is 5.38. The fourth-order valence-electron chi connectivity index (χ4n) is 2.19. The SMILES string of the molecule is CCN(CC(C)C(=N)N)S(=O)(=O)C1CCS(=O)(=O)CC1. The van der Waals surface area contributed by atoms with E-state index in [0.717, 1.165) is 0 Å². The van der Waals surface area contributed by atoms with Gasteiger partial charge in [0.15, 0.2) is 0 Å². The van der Waals surface area contributed by atoms with Crippen molar-refractivity contribution in [2.45, 2.75) is 31.9 Å². The van der Waals surface area contributed by atoms with Gasteiger partial charge in [-0.15, -0.1) is 0 Å². The van der Waals surface area contributed by atoms with Gasteiger partial charge in [0, 0.05) is 19.0 Å². The van der Waals surface area contributed by atoms with Gasteiger partial charge in [-0.2, -0.15) is 0 Å². The Labute approximate surface area is 121 Å². The Bertz CT molecular complexity index is 542. The lowest BCUT2D eigenvalue weighted by molar-refractivity contribution is 0.393. The molecule has 1 aliphatic heterocycles. The summed E-state index contributed by atoms with van der Waals surface area (Å²) >= 11 is 0. The molecular weight excluding hydrogens is 302 g/mol. The van der Waals surface area contributed by atoms with Crippen LogP contribution in [-0.4, -0.2) is 56.8 Å².